The summed E-state index contributed by atoms with van der Waals surface area (Å²) in [5, 5.41) is 8.60. The third-order valence-electron chi connectivity index (χ3n) is 2.36. The highest BCUT2D eigenvalue weighted by molar-refractivity contribution is 5.50. The van der Waals surface area contributed by atoms with Crippen LogP contribution in [0.1, 0.15) is 31.2 Å². The minimum Gasteiger partial charge on any atom is -0.396 e. The molecule has 1 nitrogen and oxygen atoms in total. The average Bonchev–Trinajstić information content (AvgIpc) is 2.34. The lowest BCUT2D eigenvalue weighted by Gasteiger charge is -1.93. The van der Waals surface area contributed by atoms with Crippen LogP contribution in [0.3, 0.4) is 0 Å². The molecule has 0 saturated carbocycles. The lowest BCUT2D eigenvalue weighted by atomic mass is 10.2. The third kappa shape index (κ3) is 6.20. The van der Waals surface area contributed by atoms with Gasteiger partial charge in [0.05, 0.1) is 0 Å². The highest BCUT2D eigenvalue weighted by Crippen LogP contribution is 2.02. The Morgan fingerprint density at radius 3 is 2.50 bits per heavy atom. The van der Waals surface area contributed by atoms with E-state index in [9.17, 15) is 0 Å². The molecule has 0 spiro atoms. The molecule has 0 amide bonds. The van der Waals surface area contributed by atoms with Crippen molar-refractivity contribution in [3.63, 3.8) is 0 Å². The highest BCUT2D eigenvalue weighted by atomic mass is 16.2. The van der Waals surface area contributed by atoms with Crippen molar-refractivity contribution in [1.29, 1.82) is 0 Å². The zero-order valence-corrected chi connectivity index (χ0v) is 9.68. The molecule has 0 atom stereocenters. The van der Waals surface area contributed by atoms with Gasteiger partial charge in [-0.25, -0.2) is 0 Å². The van der Waals surface area contributed by atoms with Crippen molar-refractivity contribution >= 4 is 6.08 Å². The Labute approximate surface area is 98.1 Å². The molecule has 0 aliphatic rings. The van der Waals surface area contributed by atoms with Gasteiger partial charge in [-0.1, -0.05) is 61.1 Å². The molecule has 1 aromatic carbocycles. The smallest absolute Gasteiger partial charge is 0.0431 e. The van der Waals surface area contributed by atoms with Crippen LogP contribution >= 0.6 is 0 Å². The van der Waals surface area contributed by atoms with Gasteiger partial charge >= 0.3 is 0 Å². The van der Waals surface area contributed by atoms with Crippen molar-refractivity contribution in [2.24, 2.45) is 0 Å². The predicted octanol–water partition coefficient (Wildman–Crippen LogP) is 3.81. The molecule has 0 radical (unpaired) electrons. The second-order valence-corrected chi connectivity index (χ2v) is 3.77. The van der Waals surface area contributed by atoms with Crippen LogP contribution < -0.4 is 0 Å². The summed E-state index contributed by atoms with van der Waals surface area (Å²) in [5.41, 5.74) is 1.23. The first-order chi connectivity index (χ1) is 7.93. The molecule has 0 fully saturated rings. The van der Waals surface area contributed by atoms with Crippen molar-refractivity contribution in [2.45, 2.75) is 25.7 Å². The van der Waals surface area contributed by atoms with Gasteiger partial charge in [0.1, 0.15) is 0 Å². The molecule has 0 heterocycles. The van der Waals surface area contributed by atoms with Gasteiger partial charge in [0.15, 0.2) is 0 Å². The molecule has 0 aliphatic heterocycles. The van der Waals surface area contributed by atoms with E-state index in [4.69, 9.17) is 5.11 Å². The maximum atomic E-state index is 8.60. The lowest BCUT2D eigenvalue weighted by Crippen LogP contribution is -1.81. The largest absolute Gasteiger partial charge is 0.396 e. The van der Waals surface area contributed by atoms with E-state index in [1.54, 1.807) is 0 Å². The summed E-state index contributed by atoms with van der Waals surface area (Å²) in [6.45, 7) is 0.317. The van der Waals surface area contributed by atoms with Crippen molar-refractivity contribution in [3.05, 3.63) is 54.1 Å². The van der Waals surface area contributed by atoms with E-state index in [0.717, 1.165) is 25.7 Å². The molecular formula is C15H20O. The maximum Gasteiger partial charge on any atom is 0.0431 e. The molecule has 1 aromatic rings. The summed E-state index contributed by atoms with van der Waals surface area (Å²) in [4.78, 5) is 0. The molecule has 86 valence electrons. The van der Waals surface area contributed by atoms with E-state index in [-0.39, 0.29) is 0 Å². The van der Waals surface area contributed by atoms with Crippen LogP contribution in [0.4, 0.5) is 0 Å². The zero-order valence-electron chi connectivity index (χ0n) is 9.68. The lowest BCUT2D eigenvalue weighted by molar-refractivity contribution is 0.283. The molecule has 0 unspecified atom stereocenters. The fourth-order valence-electron chi connectivity index (χ4n) is 1.46. The topological polar surface area (TPSA) is 20.2 Å². The summed E-state index contributed by atoms with van der Waals surface area (Å²) in [6.07, 6.45) is 12.7. The van der Waals surface area contributed by atoms with E-state index < -0.39 is 0 Å². The van der Waals surface area contributed by atoms with Crippen LogP contribution in [0, 0.1) is 0 Å². The Morgan fingerprint density at radius 2 is 1.75 bits per heavy atom. The quantitative estimate of drug-likeness (QED) is 0.543. The first kappa shape index (κ1) is 12.7. The molecule has 1 heteroatoms. The summed E-state index contributed by atoms with van der Waals surface area (Å²) in [6, 6.07) is 10.3. The van der Waals surface area contributed by atoms with E-state index in [1.165, 1.54) is 5.56 Å². The number of hydrogen-bond acceptors (Lipinski definition) is 1. The first-order valence-corrected chi connectivity index (χ1v) is 5.92. The SMILES string of the molecule is OCCCCCC=CC=Cc1ccccc1. The standard InChI is InChI=1S/C15H20O/c16-14-10-5-3-1-2-4-7-11-15-12-8-6-9-13-15/h2,4,6-9,11-13,16H,1,3,5,10,14H2. The predicted molar refractivity (Wildman–Crippen MR) is 70.2 cm³/mol. The molecule has 0 aliphatic carbocycles. The van der Waals surface area contributed by atoms with Gasteiger partial charge in [-0.15, -0.1) is 0 Å². The molecule has 0 saturated heterocycles. The summed E-state index contributed by atoms with van der Waals surface area (Å²) >= 11 is 0. The number of allylic oxidation sites excluding steroid dienone is 3. The minimum absolute atomic E-state index is 0.317. The van der Waals surface area contributed by atoms with Crippen LogP contribution in [-0.2, 0) is 0 Å². The van der Waals surface area contributed by atoms with Crippen LogP contribution in [0.5, 0.6) is 0 Å². The summed E-state index contributed by atoms with van der Waals surface area (Å²) in [7, 11) is 0. The van der Waals surface area contributed by atoms with Gasteiger partial charge in [-0.2, -0.15) is 0 Å². The van der Waals surface area contributed by atoms with E-state index in [0.29, 0.717) is 6.61 Å². The van der Waals surface area contributed by atoms with Crippen molar-refractivity contribution in [2.75, 3.05) is 6.61 Å². The van der Waals surface area contributed by atoms with Gasteiger partial charge in [0, 0.05) is 6.61 Å². The molecule has 1 N–H and O–H groups in total. The first-order valence-electron chi connectivity index (χ1n) is 5.92. The van der Waals surface area contributed by atoms with Gasteiger partial charge in [-0.05, 0) is 24.8 Å². The maximum absolute atomic E-state index is 8.60. The molecule has 0 aromatic heterocycles. The van der Waals surface area contributed by atoms with E-state index in [2.05, 4.69) is 36.4 Å². The zero-order chi connectivity index (χ0) is 11.5. The Hall–Kier alpha value is -1.34. The molecule has 16 heavy (non-hydrogen) atoms. The molecular weight excluding hydrogens is 196 g/mol. The Morgan fingerprint density at radius 1 is 0.938 bits per heavy atom. The van der Waals surface area contributed by atoms with Crippen molar-refractivity contribution < 1.29 is 5.11 Å². The third-order valence-corrected chi connectivity index (χ3v) is 2.36. The van der Waals surface area contributed by atoms with E-state index >= 15 is 0 Å². The monoisotopic (exact) mass is 216 g/mol. The Kier molecular flexibility index (Phi) is 7.10. The van der Waals surface area contributed by atoms with Crippen LogP contribution in [0.15, 0.2) is 48.6 Å². The average molecular weight is 216 g/mol. The van der Waals surface area contributed by atoms with E-state index in [1.807, 2.05) is 18.2 Å². The number of benzene rings is 1. The summed E-state index contributed by atoms with van der Waals surface area (Å²) < 4.78 is 0. The fraction of sp³-hybridized carbons (Fsp3) is 0.333. The Balaban J connectivity index is 2.14. The number of aliphatic hydroxyl groups excluding tert-OH is 1. The van der Waals surface area contributed by atoms with Crippen molar-refractivity contribution in [1.82, 2.24) is 0 Å². The highest BCUT2D eigenvalue weighted by Gasteiger charge is 1.84. The second-order valence-electron chi connectivity index (χ2n) is 3.77. The normalized spacial score (nSPS) is 11.6. The van der Waals surface area contributed by atoms with Crippen LogP contribution in [0.2, 0.25) is 0 Å². The fourth-order valence-corrected chi connectivity index (χ4v) is 1.46. The minimum atomic E-state index is 0.317. The molecule has 1 rings (SSSR count). The second kappa shape index (κ2) is 8.93. The molecule has 0 bridgehead atoms. The number of hydrogen-bond donors (Lipinski definition) is 1. The van der Waals surface area contributed by atoms with Gasteiger partial charge < -0.3 is 5.11 Å². The van der Waals surface area contributed by atoms with Crippen molar-refractivity contribution in [3.8, 4) is 0 Å². The van der Waals surface area contributed by atoms with Gasteiger partial charge in [0.25, 0.3) is 0 Å². The number of rotatable bonds is 7. The number of aliphatic hydroxyl groups is 1. The van der Waals surface area contributed by atoms with Gasteiger partial charge in [0.2, 0.25) is 0 Å². The number of unbranched alkanes of at least 4 members (excludes halogenated alkanes) is 3. The van der Waals surface area contributed by atoms with Gasteiger partial charge in [-0.3, -0.25) is 0 Å². The van der Waals surface area contributed by atoms with Crippen LogP contribution in [-0.4, -0.2) is 11.7 Å². The Bertz CT molecular complexity index is 311. The summed E-state index contributed by atoms with van der Waals surface area (Å²) in [5.74, 6) is 0. The van der Waals surface area contributed by atoms with Crippen LogP contribution in [0.25, 0.3) is 6.08 Å².